The molecule has 1 N–H and O–H groups in total. The molecule has 4 heteroatoms. The molecule has 0 aliphatic carbocycles. The SMILES string of the molecule is C=Cc1ccccc1C(=O)Oc1ccc(CC(=O)O)cc1. The zero-order valence-corrected chi connectivity index (χ0v) is 11.3. The van der Waals surface area contributed by atoms with Crippen molar-refractivity contribution in [2.45, 2.75) is 6.42 Å². The number of carboxylic acid groups (broad SMARTS) is 1. The van der Waals surface area contributed by atoms with Gasteiger partial charge < -0.3 is 9.84 Å². The number of ether oxygens (including phenoxy) is 1. The fourth-order valence-electron chi connectivity index (χ4n) is 1.87. The predicted octanol–water partition coefficient (Wildman–Crippen LogP) is 3.18. The Kier molecular flexibility index (Phi) is 4.51. The highest BCUT2D eigenvalue weighted by Gasteiger charge is 2.11. The van der Waals surface area contributed by atoms with Crippen molar-refractivity contribution in [1.29, 1.82) is 0 Å². The van der Waals surface area contributed by atoms with Gasteiger partial charge in [-0.05, 0) is 29.3 Å². The van der Waals surface area contributed by atoms with Gasteiger partial charge >= 0.3 is 11.9 Å². The van der Waals surface area contributed by atoms with Gasteiger partial charge in [0.1, 0.15) is 5.75 Å². The van der Waals surface area contributed by atoms with Crippen molar-refractivity contribution in [3.63, 3.8) is 0 Å². The molecule has 0 aliphatic rings. The maximum absolute atomic E-state index is 12.1. The number of carbonyl (C=O) groups excluding carboxylic acids is 1. The zero-order valence-electron chi connectivity index (χ0n) is 11.3. The first kappa shape index (κ1) is 14.5. The van der Waals surface area contributed by atoms with Gasteiger partial charge in [-0.25, -0.2) is 4.79 Å². The maximum Gasteiger partial charge on any atom is 0.344 e. The Balaban J connectivity index is 2.12. The average molecular weight is 282 g/mol. The largest absolute Gasteiger partial charge is 0.481 e. The topological polar surface area (TPSA) is 63.6 Å². The van der Waals surface area contributed by atoms with Crippen molar-refractivity contribution >= 4 is 18.0 Å². The number of benzene rings is 2. The van der Waals surface area contributed by atoms with Crippen LogP contribution in [0, 0.1) is 0 Å². The van der Waals surface area contributed by atoms with E-state index in [0.29, 0.717) is 22.4 Å². The van der Waals surface area contributed by atoms with Crippen molar-refractivity contribution in [2.75, 3.05) is 0 Å². The molecule has 4 nitrogen and oxygen atoms in total. The summed E-state index contributed by atoms with van der Waals surface area (Å²) in [5, 5.41) is 8.69. The van der Waals surface area contributed by atoms with Crippen LogP contribution in [0.3, 0.4) is 0 Å². The summed E-state index contributed by atoms with van der Waals surface area (Å²) in [5.74, 6) is -1.01. The van der Waals surface area contributed by atoms with Gasteiger partial charge in [0.2, 0.25) is 0 Å². The van der Waals surface area contributed by atoms with E-state index in [2.05, 4.69) is 6.58 Å². The predicted molar refractivity (Wildman–Crippen MR) is 79.3 cm³/mol. The highest BCUT2D eigenvalue weighted by molar-refractivity contribution is 5.94. The minimum Gasteiger partial charge on any atom is -0.481 e. The van der Waals surface area contributed by atoms with Gasteiger partial charge in [0.25, 0.3) is 0 Å². The molecule has 0 fully saturated rings. The molecule has 0 spiro atoms. The second-order valence-electron chi connectivity index (χ2n) is 4.40. The third kappa shape index (κ3) is 3.79. The molecule has 0 heterocycles. The van der Waals surface area contributed by atoms with E-state index in [1.807, 2.05) is 6.07 Å². The Labute approximate surface area is 122 Å². The molecular formula is C17H14O4. The number of hydrogen-bond donors (Lipinski definition) is 1. The summed E-state index contributed by atoms with van der Waals surface area (Å²) in [6.45, 7) is 3.66. The Bertz CT molecular complexity index is 671. The first-order chi connectivity index (χ1) is 10.1. The minimum atomic E-state index is -0.903. The first-order valence-electron chi connectivity index (χ1n) is 6.34. The van der Waals surface area contributed by atoms with Crippen LogP contribution in [0.5, 0.6) is 5.75 Å². The summed E-state index contributed by atoms with van der Waals surface area (Å²) in [6.07, 6.45) is 1.53. The molecule has 0 saturated heterocycles. The average Bonchev–Trinajstić information content (AvgIpc) is 2.48. The fraction of sp³-hybridized carbons (Fsp3) is 0.0588. The number of carbonyl (C=O) groups is 2. The Morgan fingerprint density at radius 2 is 1.76 bits per heavy atom. The van der Waals surface area contributed by atoms with E-state index in [9.17, 15) is 9.59 Å². The molecule has 0 aliphatic heterocycles. The highest BCUT2D eigenvalue weighted by Crippen LogP contribution is 2.17. The number of esters is 1. The van der Waals surface area contributed by atoms with E-state index < -0.39 is 11.9 Å². The van der Waals surface area contributed by atoms with Crippen molar-refractivity contribution < 1.29 is 19.4 Å². The van der Waals surface area contributed by atoms with Gasteiger partial charge in [-0.2, -0.15) is 0 Å². The highest BCUT2D eigenvalue weighted by atomic mass is 16.5. The monoisotopic (exact) mass is 282 g/mol. The number of rotatable bonds is 5. The summed E-state index contributed by atoms with van der Waals surface area (Å²) >= 11 is 0. The van der Waals surface area contributed by atoms with Crippen LogP contribution in [0.4, 0.5) is 0 Å². The lowest BCUT2D eigenvalue weighted by atomic mass is 10.1. The van der Waals surface area contributed by atoms with Gasteiger partial charge in [-0.15, -0.1) is 0 Å². The molecule has 0 unspecified atom stereocenters. The van der Waals surface area contributed by atoms with Crippen LogP contribution in [-0.2, 0) is 11.2 Å². The molecule has 2 aromatic carbocycles. The van der Waals surface area contributed by atoms with Crippen molar-refractivity contribution in [3.8, 4) is 5.75 Å². The molecule has 21 heavy (non-hydrogen) atoms. The Hall–Kier alpha value is -2.88. The molecule has 0 amide bonds. The molecule has 0 bridgehead atoms. The Morgan fingerprint density at radius 3 is 2.38 bits per heavy atom. The van der Waals surface area contributed by atoms with Crippen molar-refractivity contribution in [1.82, 2.24) is 0 Å². The third-order valence-electron chi connectivity index (χ3n) is 2.89. The van der Waals surface area contributed by atoms with Crippen LogP contribution in [0.15, 0.2) is 55.1 Å². The van der Waals surface area contributed by atoms with E-state index in [0.717, 1.165) is 0 Å². The summed E-state index contributed by atoms with van der Waals surface area (Å²) < 4.78 is 5.27. The van der Waals surface area contributed by atoms with Gasteiger partial charge in [0, 0.05) is 0 Å². The minimum absolute atomic E-state index is 0.0620. The molecular weight excluding hydrogens is 268 g/mol. The van der Waals surface area contributed by atoms with Crippen LogP contribution >= 0.6 is 0 Å². The lowest BCUT2D eigenvalue weighted by Crippen LogP contribution is -2.10. The molecule has 0 saturated carbocycles. The molecule has 2 rings (SSSR count). The lowest BCUT2D eigenvalue weighted by Gasteiger charge is -2.07. The summed E-state index contributed by atoms with van der Waals surface area (Å²) in [6, 6.07) is 13.4. The lowest BCUT2D eigenvalue weighted by molar-refractivity contribution is -0.136. The molecule has 0 radical (unpaired) electrons. The van der Waals surface area contributed by atoms with E-state index in [-0.39, 0.29) is 6.42 Å². The quantitative estimate of drug-likeness (QED) is 0.675. The van der Waals surface area contributed by atoms with Crippen LogP contribution in [0.2, 0.25) is 0 Å². The number of carboxylic acids is 1. The van der Waals surface area contributed by atoms with Crippen LogP contribution < -0.4 is 4.74 Å². The fourth-order valence-corrected chi connectivity index (χ4v) is 1.87. The summed E-state index contributed by atoms with van der Waals surface area (Å²) in [7, 11) is 0. The van der Waals surface area contributed by atoms with E-state index in [4.69, 9.17) is 9.84 Å². The maximum atomic E-state index is 12.1. The molecule has 0 atom stereocenters. The summed E-state index contributed by atoms with van der Waals surface area (Å²) in [4.78, 5) is 22.7. The van der Waals surface area contributed by atoms with Crippen molar-refractivity contribution in [2.24, 2.45) is 0 Å². The van der Waals surface area contributed by atoms with Gasteiger partial charge in [-0.3, -0.25) is 4.79 Å². The normalized spacial score (nSPS) is 9.90. The van der Waals surface area contributed by atoms with E-state index >= 15 is 0 Å². The smallest absolute Gasteiger partial charge is 0.344 e. The molecule has 106 valence electrons. The van der Waals surface area contributed by atoms with Gasteiger partial charge in [0.15, 0.2) is 0 Å². The van der Waals surface area contributed by atoms with Crippen molar-refractivity contribution in [3.05, 3.63) is 71.8 Å². The third-order valence-corrected chi connectivity index (χ3v) is 2.89. The second-order valence-corrected chi connectivity index (χ2v) is 4.40. The molecule has 0 aromatic heterocycles. The number of hydrogen-bond acceptors (Lipinski definition) is 3. The van der Waals surface area contributed by atoms with E-state index in [1.165, 1.54) is 0 Å². The van der Waals surface area contributed by atoms with Crippen LogP contribution in [-0.4, -0.2) is 17.0 Å². The first-order valence-corrected chi connectivity index (χ1v) is 6.34. The standard InChI is InChI=1S/C17H14O4/c1-2-13-5-3-4-6-15(13)17(20)21-14-9-7-12(8-10-14)11-16(18)19/h2-10H,1,11H2,(H,18,19). The van der Waals surface area contributed by atoms with Crippen LogP contribution in [0.1, 0.15) is 21.5 Å². The Morgan fingerprint density at radius 1 is 1.10 bits per heavy atom. The van der Waals surface area contributed by atoms with Gasteiger partial charge in [0.05, 0.1) is 12.0 Å². The van der Waals surface area contributed by atoms with E-state index in [1.54, 1.807) is 48.5 Å². The zero-order chi connectivity index (χ0) is 15.2. The second kappa shape index (κ2) is 6.52. The molecule has 2 aromatic rings. The van der Waals surface area contributed by atoms with Crippen LogP contribution in [0.25, 0.3) is 6.08 Å². The summed E-state index contributed by atoms with van der Waals surface area (Å²) in [5.41, 5.74) is 1.78. The van der Waals surface area contributed by atoms with Gasteiger partial charge in [-0.1, -0.05) is 43.0 Å². The number of aliphatic carboxylic acids is 1.